The zero-order valence-corrected chi connectivity index (χ0v) is 18.8. The first kappa shape index (κ1) is 22.4. The molecule has 0 saturated carbocycles. The Labute approximate surface area is 190 Å². The van der Waals surface area contributed by atoms with Crippen LogP contribution >= 0.6 is 0 Å². The van der Waals surface area contributed by atoms with Gasteiger partial charge in [0, 0.05) is 30.3 Å². The maximum Gasteiger partial charge on any atom is 0.240 e. The second-order valence-corrected chi connectivity index (χ2v) is 9.11. The van der Waals surface area contributed by atoms with Gasteiger partial charge in [0.15, 0.2) is 11.6 Å². The fraction of sp³-hybridized carbons (Fsp3) is 0.136. The third-order valence-corrected chi connectivity index (χ3v) is 6.44. The molecule has 170 valence electrons. The van der Waals surface area contributed by atoms with E-state index in [-0.39, 0.29) is 16.7 Å². The third-order valence-electron chi connectivity index (χ3n) is 4.89. The summed E-state index contributed by atoms with van der Waals surface area (Å²) in [5.74, 6) is -0.511. The Hall–Kier alpha value is -3.83. The van der Waals surface area contributed by atoms with Crippen molar-refractivity contribution < 1.29 is 12.8 Å². The summed E-state index contributed by atoms with van der Waals surface area (Å²) in [6.45, 7) is 2.38. The van der Waals surface area contributed by atoms with E-state index in [9.17, 15) is 12.8 Å². The van der Waals surface area contributed by atoms with Gasteiger partial charge in [-0.15, -0.1) is 0 Å². The Balaban J connectivity index is 1.51. The van der Waals surface area contributed by atoms with E-state index >= 15 is 0 Å². The molecular weight excluding hydrogens is 445 g/mol. The van der Waals surface area contributed by atoms with Crippen LogP contribution in [-0.4, -0.2) is 35.0 Å². The molecule has 2 aromatic heterocycles. The van der Waals surface area contributed by atoms with Gasteiger partial charge in [-0.1, -0.05) is 18.2 Å². The van der Waals surface area contributed by atoms with E-state index in [0.717, 1.165) is 11.8 Å². The summed E-state index contributed by atoms with van der Waals surface area (Å²) in [6, 6.07) is 12.3. The zero-order valence-electron chi connectivity index (χ0n) is 17.9. The minimum absolute atomic E-state index is 0.00922. The second kappa shape index (κ2) is 9.35. The number of imidazole rings is 1. The standard InChI is InChI=1S/C22H22FN7O2S/c1-15-3-6-18(11-20(15)33(31,32)24-2)28-22-26-12-19(23)21(29-22)27-17-7-4-16(5-8-17)13-30-10-9-25-14-30/h3-12,14,24H,13H2,1-2H3,(H2,26,27,28,29). The van der Waals surface area contributed by atoms with E-state index in [1.165, 1.54) is 13.1 Å². The van der Waals surface area contributed by atoms with Gasteiger partial charge in [0.1, 0.15) is 0 Å². The van der Waals surface area contributed by atoms with Gasteiger partial charge in [-0.05, 0) is 49.4 Å². The van der Waals surface area contributed by atoms with Crippen LogP contribution in [0, 0.1) is 12.7 Å². The van der Waals surface area contributed by atoms with E-state index in [4.69, 9.17) is 0 Å². The topological polar surface area (TPSA) is 114 Å². The molecule has 0 bridgehead atoms. The number of nitrogens with zero attached hydrogens (tertiary/aromatic N) is 4. The lowest BCUT2D eigenvalue weighted by Crippen LogP contribution is -2.19. The van der Waals surface area contributed by atoms with Crippen LogP contribution in [0.5, 0.6) is 0 Å². The molecule has 0 amide bonds. The van der Waals surface area contributed by atoms with Crippen molar-refractivity contribution in [1.29, 1.82) is 0 Å². The van der Waals surface area contributed by atoms with Gasteiger partial charge in [-0.2, -0.15) is 4.98 Å². The summed E-state index contributed by atoms with van der Waals surface area (Å²) in [5.41, 5.74) is 2.77. The smallest absolute Gasteiger partial charge is 0.240 e. The first-order valence-electron chi connectivity index (χ1n) is 9.99. The first-order chi connectivity index (χ1) is 15.8. The van der Waals surface area contributed by atoms with Crippen molar-refractivity contribution in [1.82, 2.24) is 24.2 Å². The SMILES string of the molecule is CNS(=O)(=O)c1cc(Nc2ncc(F)c(Nc3ccc(Cn4ccnc4)cc3)n2)ccc1C. The van der Waals surface area contributed by atoms with Gasteiger partial charge >= 0.3 is 0 Å². The molecule has 0 spiro atoms. The molecule has 0 unspecified atom stereocenters. The van der Waals surface area contributed by atoms with Crippen molar-refractivity contribution in [2.45, 2.75) is 18.4 Å². The number of aryl methyl sites for hydroxylation is 1. The maximum absolute atomic E-state index is 14.3. The molecular formula is C22H22FN7O2S. The van der Waals surface area contributed by atoms with E-state index in [1.54, 1.807) is 31.6 Å². The van der Waals surface area contributed by atoms with E-state index < -0.39 is 15.8 Å². The zero-order chi connectivity index (χ0) is 23.4. The molecule has 0 fully saturated rings. The van der Waals surface area contributed by atoms with Gasteiger partial charge in [-0.3, -0.25) is 0 Å². The number of hydrogen-bond donors (Lipinski definition) is 3. The molecule has 11 heteroatoms. The van der Waals surface area contributed by atoms with Crippen LogP contribution in [0.1, 0.15) is 11.1 Å². The van der Waals surface area contributed by atoms with E-state index in [1.807, 2.05) is 35.0 Å². The van der Waals surface area contributed by atoms with E-state index in [2.05, 4.69) is 30.3 Å². The van der Waals surface area contributed by atoms with Crippen molar-refractivity contribution in [3.05, 3.63) is 84.3 Å². The average Bonchev–Trinajstić information content (AvgIpc) is 3.31. The number of sulfonamides is 1. The quantitative estimate of drug-likeness (QED) is 0.363. The first-order valence-corrected chi connectivity index (χ1v) is 11.5. The predicted molar refractivity (Wildman–Crippen MR) is 124 cm³/mol. The molecule has 0 atom stereocenters. The number of anilines is 4. The van der Waals surface area contributed by atoms with Crippen LogP contribution < -0.4 is 15.4 Å². The van der Waals surface area contributed by atoms with Crippen molar-refractivity contribution in [3.8, 4) is 0 Å². The highest BCUT2D eigenvalue weighted by Crippen LogP contribution is 2.24. The Bertz CT molecular complexity index is 1360. The summed E-state index contributed by atoms with van der Waals surface area (Å²) in [4.78, 5) is 12.3. The molecule has 2 heterocycles. The summed E-state index contributed by atoms with van der Waals surface area (Å²) in [6.07, 6.45) is 6.38. The summed E-state index contributed by atoms with van der Waals surface area (Å²) in [5, 5.41) is 5.87. The summed E-state index contributed by atoms with van der Waals surface area (Å²) in [7, 11) is -2.28. The largest absolute Gasteiger partial charge is 0.338 e. The van der Waals surface area contributed by atoms with E-state index in [0.29, 0.717) is 23.5 Å². The highest BCUT2D eigenvalue weighted by Gasteiger charge is 2.16. The minimum Gasteiger partial charge on any atom is -0.338 e. The lowest BCUT2D eigenvalue weighted by atomic mass is 10.2. The lowest BCUT2D eigenvalue weighted by Gasteiger charge is -2.12. The molecule has 9 nitrogen and oxygen atoms in total. The average molecular weight is 468 g/mol. The van der Waals surface area contributed by atoms with Crippen LogP contribution in [0.4, 0.5) is 27.5 Å². The second-order valence-electron chi connectivity index (χ2n) is 7.26. The van der Waals surface area contributed by atoms with Crippen LogP contribution in [-0.2, 0) is 16.6 Å². The van der Waals surface area contributed by atoms with Crippen molar-refractivity contribution >= 4 is 33.2 Å². The molecule has 4 rings (SSSR count). The number of benzene rings is 2. The third kappa shape index (κ3) is 5.33. The lowest BCUT2D eigenvalue weighted by molar-refractivity contribution is 0.587. The molecule has 4 aromatic rings. The predicted octanol–water partition coefficient (Wildman–Crippen LogP) is 3.56. The van der Waals surface area contributed by atoms with Crippen LogP contribution in [0.15, 0.2) is 72.3 Å². The Morgan fingerprint density at radius 2 is 1.82 bits per heavy atom. The van der Waals surface area contributed by atoms with Crippen molar-refractivity contribution in [3.63, 3.8) is 0 Å². The van der Waals surface area contributed by atoms with Gasteiger partial charge in [-0.25, -0.2) is 27.5 Å². The number of halogens is 1. The fourth-order valence-corrected chi connectivity index (χ4v) is 4.14. The van der Waals surface area contributed by atoms with Crippen LogP contribution in [0.25, 0.3) is 0 Å². The molecule has 0 saturated heterocycles. The molecule has 0 aliphatic rings. The molecule has 0 aliphatic heterocycles. The molecule has 0 radical (unpaired) electrons. The Morgan fingerprint density at radius 3 is 2.52 bits per heavy atom. The van der Waals surface area contributed by atoms with Crippen molar-refractivity contribution in [2.75, 3.05) is 17.7 Å². The van der Waals surface area contributed by atoms with Gasteiger partial charge < -0.3 is 15.2 Å². The van der Waals surface area contributed by atoms with Gasteiger partial charge in [0.05, 0.1) is 17.4 Å². The highest BCUT2D eigenvalue weighted by molar-refractivity contribution is 7.89. The monoisotopic (exact) mass is 467 g/mol. The normalized spacial score (nSPS) is 11.4. The highest BCUT2D eigenvalue weighted by atomic mass is 32.2. The van der Waals surface area contributed by atoms with Crippen LogP contribution in [0.3, 0.4) is 0 Å². The van der Waals surface area contributed by atoms with Gasteiger partial charge in [0.25, 0.3) is 0 Å². The number of nitrogens with one attached hydrogen (secondary N) is 3. The summed E-state index contributed by atoms with van der Waals surface area (Å²) < 4.78 is 43.0. The molecule has 3 N–H and O–H groups in total. The fourth-order valence-electron chi connectivity index (χ4n) is 3.14. The maximum atomic E-state index is 14.3. The molecule has 2 aromatic carbocycles. The van der Waals surface area contributed by atoms with Crippen molar-refractivity contribution in [2.24, 2.45) is 0 Å². The molecule has 33 heavy (non-hydrogen) atoms. The Morgan fingerprint density at radius 1 is 1.06 bits per heavy atom. The van der Waals surface area contributed by atoms with Crippen LogP contribution in [0.2, 0.25) is 0 Å². The summed E-state index contributed by atoms with van der Waals surface area (Å²) >= 11 is 0. The number of rotatable bonds is 8. The molecule has 0 aliphatic carbocycles. The Kier molecular flexibility index (Phi) is 6.33. The number of aromatic nitrogens is 4. The number of hydrogen-bond acceptors (Lipinski definition) is 7. The minimum atomic E-state index is -3.63. The van der Waals surface area contributed by atoms with Gasteiger partial charge in [0.2, 0.25) is 16.0 Å².